The van der Waals surface area contributed by atoms with Gasteiger partial charge < -0.3 is 0 Å². The van der Waals surface area contributed by atoms with Crippen molar-refractivity contribution in [1.29, 1.82) is 0 Å². The number of nitrogens with zero attached hydrogens (tertiary/aromatic N) is 3. The van der Waals surface area contributed by atoms with Crippen LogP contribution in [-0.2, 0) is 18.0 Å². The minimum Gasteiger partial charge on any atom is -0.205 e. The van der Waals surface area contributed by atoms with Crippen LogP contribution >= 0.6 is 0 Å². The van der Waals surface area contributed by atoms with Gasteiger partial charge in [0, 0.05) is 0 Å². The molecule has 1 heterocycles. The van der Waals surface area contributed by atoms with E-state index in [4.69, 9.17) is 0 Å². The van der Waals surface area contributed by atoms with Crippen LogP contribution in [0.3, 0.4) is 0 Å². The first-order valence-corrected chi connectivity index (χ1v) is 11.3. The lowest BCUT2D eigenvalue weighted by Crippen LogP contribution is -2.72. The standard InChI is InChI=1S/C18F33N3/c19-4(20,7(26,27)9(30,31)11(34,35)13(38,39)15(42,43)17(46,47)48)1-52-2(54-3(53-1)6(23,24)25)5(21,22)8(28,29)10(32,33)12(36,37)14(40,41)16(44,45)18(49,50)51. The smallest absolute Gasteiger partial charge is 0.205 e. The number of hydrogen-bond donors (Lipinski definition) is 0. The molecule has 0 radical (unpaired) electrons. The number of alkyl halides is 33. The van der Waals surface area contributed by atoms with Crippen LogP contribution in [0.5, 0.6) is 0 Å². The third-order valence-electron chi connectivity index (χ3n) is 6.11. The summed E-state index contributed by atoms with van der Waals surface area (Å²) in [6.45, 7) is 0. The van der Waals surface area contributed by atoms with Crippen LogP contribution < -0.4 is 0 Å². The molecule has 0 aliphatic heterocycles. The average Bonchev–Trinajstić information content (AvgIpc) is 2.94. The Balaban J connectivity index is 4.27. The van der Waals surface area contributed by atoms with E-state index in [1.165, 1.54) is 0 Å². The molecule has 54 heavy (non-hydrogen) atoms. The highest BCUT2D eigenvalue weighted by Gasteiger charge is 2.95. The fourth-order valence-corrected chi connectivity index (χ4v) is 3.00. The van der Waals surface area contributed by atoms with Gasteiger partial charge >= 0.3 is 89.6 Å². The van der Waals surface area contributed by atoms with E-state index in [0.717, 1.165) is 9.97 Å². The quantitative estimate of drug-likeness (QED) is 0.196. The van der Waals surface area contributed by atoms with Gasteiger partial charge in [0.15, 0.2) is 0 Å². The molecule has 0 atom stereocenters. The highest BCUT2D eigenvalue weighted by atomic mass is 19.4. The van der Waals surface area contributed by atoms with Crippen LogP contribution in [0.2, 0.25) is 0 Å². The zero-order chi connectivity index (χ0) is 44.4. The number of aromatic nitrogens is 3. The van der Waals surface area contributed by atoms with Crippen molar-refractivity contribution < 1.29 is 145 Å². The molecule has 0 N–H and O–H groups in total. The maximum atomic E-state index is 14.4. The minimum atomic E-state index is -9.36. The Morgan fingerprint density at radius 1 is 0.204 bits per heavy atom. The van der Waals surface area contributed by atoms with Crippen molar-refractivity contribution in [1.82, 2.24) is 15.0 Å². The van der Waals surface area contributed by atoms with Crippen LogP contribution in [0.15, 0.2) is 0 Å². The Bertz CT molecular complexity index is 1440. The average molecular weight is 885 g/mol. The molecular formula is C18F33N3. The van der Waals surface area contributed by atoms with Crippen molar-refractivity contribution in [2.45, 2.75) is 89.6 Å². The second kappa shape index (κ2) is 12.1. The molecule has 318 valence electrons. The maximum absolute atomic E-state index is 14.4. The van der Waals surface area contributed by atoms with Gasteiger partial charge in [-0.3, -0.25) is 0 Å². The summed E-state index contributed by atoms with van der Waals surface area (Å²) >= 11 is 0. The molecule has 1 aromatic rings. The Morgan fingerprint density at radius 2 is 0.370 bits per heavy atom. The van der Waals surface area contributed by atoms with Gasteiger partial charge in [0.2, 0.25) is 17.5 Å². The molecule has 0 aliphatic rings. The van der Waals surface area contributed by atoms with Crippen molar-refractivity contribution in [3.05, 3.63) is 17.5 Å². The van der Waals surface area contributed by atoms with E-state index in [0.29, 0.717) is 4.98 Å². The lowest BCUT2D eigenvalue weighted by atomic mass is 9.90. The first kappa shape index (κ1) is 48.7. The third kappa shape index (κ3) is 6.11. The fraction of sp³-hybridized carbons (Fsp3) is 0.833. The number of rotatable bonds is 12. The molecule has 0 saturated carbocycles. The topological polar surface area (TPSA) is 38.7 Å². The molecule has 36 heteroatoms. The molecule has 3 nitrogen and oxygen atoms in total. The lowest BCUT2D eigenvalue weighted by molar-refractivity contribution is -0.454. The highest BCUT2D eigenvalue weighted by molar-refractivity contribution is 5.21. The van der Waals surface area contributed by atoms with E-state index >= 15 is 0 Å². The van der Waals surface area contributed by atoms with Crippen LogP contribution in [0, 0.1) is 0 Å². The largest absolute Gasteiger partial charge is 0.460 e. The number of halogens is 33. The second-order valence-electron chi connectivity index (χ2n) is 9.69. The summed E-state index contributed by atoms with van der Waals surface area (Å²) in [7, 11) is 0. The predicted octanol–water partition coefficient (Wildman–Crippen LogP) is 10.6. The van der Waals surface area contributed by atoms with E-state index in [1.807, 2.05) is 0 Å². The van der Waals surface area contributed by atoms with Crippen molar-refractivity contribution in [2.75, 3.05) is 0 Å². The molecule has 0 aliphatic carbocycles. The molecule has 0 spiro atoms. The third-order valence-corrected chi connectivity index (χ3v) is 6.11. The van der Waals surface area contributed by atoms with Crippen molar-refractivity contribution in [3.63, 3.8) is 0 Å². The Morgan fingerprint density at radius 3 is 0.556 bits per heavy atom. The Hall–Kier alpha value is -3.30. The maximum Gasteiger partial charge on any atom is 0.460 e. The summed E-state index contributed by atoms with van der Waals surface area (Å²) in [5, 5.41) is 0. The summed E-state index contributed by atoms with van der Waals surface area (Å²) in [5.41, 5.74) is 0. The van der Waals surface area contributed by atoms with Gasteiger partial charge in [-0.2, -0.15) is 145 Å². The summed E-state index contributed by atoms with van der Waals surface area (Å²) in [6.07, 6.45) is -23.7. The van der Waals surface area contributed by atoms with Crippen LogP contribution in [0.4, 0.5) is 145 Å². The molecule has 0 amide bonds. The van der Waals surface area contributed by atoms with Crippen LogP contribution in [0.25, 0.3) is 0 Å². The monoisotopic (exact) mass is 885 g/mol. The first-order chi connectivity index (χ1) is 22.8. The van der Waals surface area contributed by atoms with Gasteiger partial charge in [0.05, 0.1) is 0 Å². The normalized spacial score (nSPS) is 16.6. The lowest BCUT2D eigenvalue weighted by Gasteiger charge is -2.41. The SMILES string of the molecule is FC(F)(F)c1nc(C(F)(F)C(F)(F)C(F)(F)C(F)(F)C(F)(F)C(F)(F)C(F)(F)F)nc(C(F)(F)C(F)(F)C(F)(F)C(F)(F)C(F)(F)C(F)(F)C(F)(F)F)n1. The van der Waals surface area contributed by atoms with Crippen molar-refractivity contribution in [3.8, 4) is 0 Å². The van der Waals surface area contributed by atoms with Gasteiger partial charge in [-0.05, 0) is 0 Å². The van der Waals surface area contributed by atoms with Crippen LogP contribution in [0.1, 0.15) is 17.5 Å². The Labute approximate surface area is 268 Å². The summed E-state index contributed by atoms with van der Waals surface area (Å²) in [4.78, 5) is 2.07. The fourth-order valence-electron chi connectivity index (χ4n) is 3.00. The van der Waals surface area contributed by atoms with E-state index in [1.54, 1.807) is 0 Å². The van der Waals surface area contributed by atoms with Gasteiger partial charge in [-0.15, -0.1) is 0 Å². The van der Waals surface area contributed by atoms with Gasteiger partial charge in [-0.1, -0.05) is 0 Å². The molecule has 0 aromatic carbocycles. The van der Waals surface area contributed by atoms with Crippen molar-refractivity contribution >= 4 is 0 Å². The zero-order valence-corrected chi connectivity index (χ0v) is 22.8. The molecular weight excluding hydrogens is 885 g/mol. The zero-order valence-electron chi connectivity index (χ0n) is 22.8. The summed E-state index contributed by atoms with van der Waals surface area (Å²) in [5.74, 6) is -123. The van der Waals surface area contributed by atoms with Crippen molar-refractivity contribution in [2.24, 2.45) is 0 Å². The number of hydrogen-bond acceptors (Lipinski definition) is 3. The molecule has 0 fully saturated rings. The Kier molecular flexibility index (Phi) is 10.9. The van der Waals surface area contributed by atoms with E-state index in [-0.39, 0.29) is 0 Å². The van der Waals surface area contributed by atoms with Crippen LogP contribution in [-0.4, -0.2) is 86.5 Å². The summed E-state index contributed by atoms with van der Waals surface area (Å²) in [6, 6.07) is 0. The van der Waals surface area contributed by atoms with E-state index in [9.17, 15) is 145 Å². The van der Waals surface area contributed by atoms with Gasteiger partial charge in [0.1, 0.15) is 0 Å². The molecule has 0 bridgehead atoms. The molecule has 0 saturated heterocycles. The predicted molar refractivity (Wildman–Crippen MR) is 94.2 cm³/mol. The van der Waals surface area contributed by atoms with E-state index in [2.05, 4.69) is 0 Å². The summed E-state index contributed by atoms with van der Waals surface area (Å²) < 4.78 is 441. The highest BCUT2D eigenvalue weighted by Crippen LogP contribution is 2.66. The molecule has 1 aromatic heterocycles. The van der Waals surface area contributed by atoms with E-state index < -0.39 is 107 Å². The molecule has 0 unspecified atom stereocenters. The van der Waals surface area contributed by atoms with Gasteiger partial charge in [-0.25, -0.2) is 15.0 Å². The minimum absolute atomic E-state index is 0.544. The molecule has 1 rings (SSSR count). The van der Waals surface area contributed by atoms with Gasteiger partial charge in [0.25, 0.3) is 0 Å². The first-order valence-electron chi connectivity index (χ1n) is 11.3. The second-order valence-corrected chi connectivity index (χ2v) is 9.69.